The van der Waals surface area contributed by atoms with Crippen LogP contribution >= 0.6 is 0 Å². The summed E-state index contributed by atoms with van der Waals surface area (Å²) < 4.78 is 0. The van der Waals surface area contributed by atoms with Gasteiger partial charge in [-0.1, -0.05) is 39.2 Å². The monoisotopic (exact) mass is 212 g/mol. The van der Waals surface area contributed by atoms with E-state index < -0.39 is 0 Å². The number of nitrogens with one attached hydrogen (secondary N) is 2. The highest BCUT2D eigenvalue weighted by atomic mass is 14.9. The summed E-state index contributed by atoms with van der Waals surface area (Å²) in [6.45, 7) is 12.4. The van der Waals surface area contributed by atoms with Crippen LogP contribution in [-0.2, 0) is 0 Å². The molecule has 0 radical (unpaired) electrons. The van der Waals surface area contributed by atoms with Crippen LogP contribution in [0.1, 0.15) is 39.5 Å². The molecule has 2 nitrogen and oxygen atoms in total. The number of hydrogen-bond acceptors (Lipinski definition) is 2. The Morgan fingerprint density at radius 2 is 1.93 bits per heavy atom. The third kappa shape index (κ3) is 9.95. The van der Waals surface area contributed by atoms with Gasteiger partial charge in [0.2, 0.25) is 0 Å². The average molecular weight is 212 g/mol. The van der Waals surface area contributed by atoms with Gasteiger partial charge in [0, 0.05) is 19.6 Å². The Balaban J connectivity index is 3.25. The van der Waals surface area contributed by atoms with Crippen LogP contribution in [0.5, 0.6) is 0 Å². The van der Waals surface area contributed by atoms with Gasteiger partial charge in [-0.05, 0) is 18.9 Å². The minimum Gasteiger partial charge on any atom is -0.315 e. The Morgan fingerprint density at radius 3 is 2.53 bits per heavy atom. The molecule has 0 aromatic rings. The smallest absolute Gasteiger partial charge is 0.0132 e. The fourth-order valence-corrected chi connectivity index (χ4v) is 1.63. The number of unbranched alkanes of at least 4 members (excludes halogenated alkanes) is 1. The molecule has 0 bridgehead atoms. The lowest BCUT2D eigenvalue weighted by atomic mass is 9.99. The van der Waals surface area contributed by atoms with Crippen molar-refractivity contribution in [2.24, 2.45) is 5.92 Å². The first-order valence-corrected chi connectivity index (χ1v) is 6.37. The highest BCUT2D eigenvalue weighted by Gasteiger charge is 2.03. The van der Waals surface area contributed by atoms with Gasteiger partial charge in [0.15, 0.2) is 0 Å². The molecule has 0 rings (SSSR count). The van der Waals surface area contributed by atoms with Crippen molar-refractivity contribution in [3.8, 4) is 0 Å². The van der Waals surface area contributed by atoms with Crippen molar-refractivity contribution >= 4 is 0 Å². The molecule has 0 fully saturated rings. The number of hydrogen-bond donors (Lipinski definition) is 2. The van der Waals surface area contributed by atoms with Gasteiger partial charge in [-0.15, -0.1) is 6.58 Å². The van der Waals surface area contributed by atoms with Crippen LogP contribution in [0, 0.1) is 5.92 Å². The Morgan fingerprint density at radius 1 is 1.20 bits per heavy atom. The Hall–Kier alpha value is -0.340. The van der Waals surface area contributed by atoms with E-state index in [0.29, 0.717) is 0 Å². The van der Waals surface area contributed by atoms with E-state index in [2.05, 4.69) is 31.1 Å². The van der Waals surface area contributed by atoms with Gasteiger partial charge in [-0.2, -0.15) is 0 Å². The maximum absolute atomic E-state index is 3.67. The standard InChI is InChI=1S/C13H28N2/c1-4-7-8-13(6-3)12-15-11-10-14-9-5-2/h5,13-15H,2,4,6-12H2,1,3H3. The molecule has 0 saturated heterocycles. The maximum atomic E-state index is 3.67. The van der Waals surface area contributed by atoms with Crippen LogP contribution in [-0.4, -0.2) is 26.2 Å². The summed E-state index contributed by atoms with van der Waals surface area (Å²) in [5, 5.41) is 6.80. The van der Waals surface area contributed by atoms with Gasteiger partial charge in [0.05, 0.1) is 0 Å². The van der Waals surface area contributed by atoms with Crippen molar-refractivity contribution in [1.29, 1.82) is 0 Å². The van der Waals surface area contributed by atoms with E-state index in [4.69, 9.17) is 0 Å². The zero-order valence-corrected chi connectivity index (χ0v) is 10.5. The lowest BCUT2D eigenvalue weighted by Crippen LogP contribution is -2.30. The van der Waals surface area contributed by atoms with Gasteiger partial charge < -0.3 is 10.6 Å². The lowest BCUT2D eigenvalue weighted by molar-refractivity contribution is 0.419. The van der Waals surface area contributed by atoms with E-state index in [1.165, 1.54) is 32.2 Å². The van der Waals surface area contributed by atoms with Crippen LogP contribution in [0.15, 0.2) is 12.7 Å². The van der Waals surface area contributed by atoms with E-state index in [1.54, 1.807) is 0 Å². The molecule has 0 aromatic heterocycles. The summed E-state index contributed by atoms with van der Waals surface area (Å²) in [6.07, 6.45) is 7.26. The maximum Gasteiger partial charge on any atom is 0.0132 e. The molecule has 1 unspecified atom stereocenters. The first-order valence-electron chi connectivity index (χ1n) is 6.37. The average Bonchev–Trinajstić information content (AvgIpc) is 2.27. The second kappa shape index (κ2) is 11.7. The fraction of sp³-hybridized carbons (Fsp3) is 0.846. The summed E-state index contributed by atoms with van der Waals surface area (Å²) in [5.41, 5.74) is 0. The summed E-state index contributed by atoms with van der Waals surface area (Å²) in [5.74, 6) is 0.865. The van der Waals surface area contributed by atoms with Gasteiger partial charge in [0.25, 0.3) is 0 Å². The van der Waals surface area contributed by atoms with E-state index in [0.717, 1.165) is 25.6 Å². The predicted molar refractivity (Wildman–Crippen MR) is 69.2 cm³/mol. The summed E-state index contributed by atoms with van der Waals surface area (Å²) >= 11 is 0. The van der Waals surface area contributed by atoms with Crippen molar-refractivity contribution in [3.05, 3.63) is 12.7 Å². The minimum atomic E-state index is 0.865. The molecule has 0 spiro atoms. The largest absolute Gasteiger partial charge is 0.315 e. The quantitative estimate of drug-likeness (QED) is 0.406. The lowest BCUT2D eigenvalue weighted by Gasteiger charge is -2.15. The topological polar surface area (TPSA) is 24.1 Å². The highest BCUT2D eigenvalue weighted by Crippen LogP contribution is 2.10. The molecule has 0 aromatic carbocycles. The zero-order chi connectivity index (χ0) is 11.4. The van der Waals surface area contributed by atoms with E-state index in [9.17, 15) is 0 Å². The molecule has 0 aliphatic carbocycles. The van der Waals surface area contributed by atoms with Crippen LogP contribution in [0.2, 0.25) is 0 Å². The Kier molecular flexibility index (Phi) is 11.5. The zero-order valence-electron chi connectivity index (χ0n) is 10.5. The normalized spacial score (nSPS) is 12.7. The van der Waals surface area contributed by atoms with Gasteiger partial charge in [-0.25, -0.2) is 0 Å². The van der Waals surface area contributed by atoms with Crippen LogP contribution in [0.4, 0.5) is 0 Å². The summed E-state index contributed by atoms with van der Waals surface area (Å²) in [4.78, 5) is 0. The second-order valence-electron chi connectivity index (χ2n) is 4.11. The molecular formula is C13H28N2. The third-order valence-electron chi connectivity index (χ3n) is 2.74. The van der Waals surface area contributed by atoms with E-state index in [1.807, 2.05) is 6.08 Å². The molecular weight excluding hydrogens is 184 g/mol. The van der Waals surface area contributed by atoms with Gasteiger partial charge in [0.1, 0.15) is 0 Å². The Labute approximate surface area is 95.5 Å². The van der Waals surface area contributed by atoms with E-state index >= 15 is 0 Å². The fourth-order valence-electron chi connectivity index (χ4n) is 1.63. The molecule has 0 aliphatic heterocycles. The minimum absolute atomic E-state index is 0.865. The molecule has 2 N–H and O–H groups in total. The van der Waals surface area contributed by atoms with Gasteiger partial charge in [-0.3, -0.25) is 0 Å². The molecule has 0 amide bonds. The molecule has 0 saturated carbocycles. The van der Waals surface area contributed by atoms with Crippen LogP contribution < -0.4 is 10.6 Å². The predicted octanol–water partition coefficient (Wildman–Crippen LogP) is 2.57. The number of rotatable bonds is 11. The first-order chi connectivity index (χ1) is 7.35. The Bertz CT molecular complexity index is 134. The van der Waals surface area contributed by atoms with E-state index in [-0.39, 0.29) is 0 Å². The van der Waals surface area contributed by atoms with Crippen molar-refractivity contribution in [2.45, 2.75) is 39.5 Å². The molecule has 1 atom stereocenters. The summed E-state index contributed by atoms with van der Waals surface area (Å²) in [7, 11) is 0. The third-order valence-corrected chi connectivity index (χ3v) is 2.74. The van der Waals surface area contributed by atoms with Crippen molar-refractivity contribution in [2.75, 3.05) is 26.2 Å². The molecule has 2 heteroatoms. The summed E-state index contributed by atoms with van der Waals surface area (Å²) in [6, 6.07) is 0. The SMILES string of the molecule is C=CCNCCNCC(CC)CCCC. The molecule has 15 heavy (non-hydrogen) atoms. The highest BCUT2D eigenvalue weighted by molar-refractivity contribution is 4.70. The first kappa shape index (κ1) is 14.7. The second-order valence-corrected chi connectivity index (χ2v) is 4.11. The van der Waals surface area contributed by atoms with Crippen molar-refractivity contribution in [1.82, 2.24) is 10.6 Å². The van der Waals surface area contributed by atoms with Gasteiger partial charge >= 0.3 is 0 Å². The van der Waals surface area contributed by atoms with Crippen LogP contribution in [0.3, 0.4) is 0 Å². The molecule has 0 aliphatic rings. The van der Waals surface area contributed by atoms with Crippen molar-refractivity contribution in [3.63, 3.8) is 0 Å². The molecule has 90 valence electrons. The molecule has 0 heterocycles. The van der Waals surface area contributed by atoms with Crippen molar-refractivity contribution < 1.29 is 0 Å². The van der Waals surface area contributed by atoms with Crippen LogP contribution in [0.25, 0.3) is 0 Å².